The molecule has 1 saturated carbocycles. The maximum atomic E-state index is 12.8. The van der Waals surface area contributed by atoms with Gasteiger partial charge in [0.25, 0.3) is 17.5 Å². The van der Waals surface area contributed by atoms with Gasteiger partial charge in [0.15, 0.2) is 11.5 Å². The Morgan fingerprint density at radius 1 is 1.15 bits per heavy atom. The van der Waals surface area contributed by atoms with Crippen molar-refractivity contribution in [1.82, 2.24) is 5.01 Å². The molecule has 2 bridgehead atoms. The average molecular weight is 573 g/mol. The second-order valence-electron chi connectivity index (χ2n) is 8.48. The minimum atomic E-state index is -0.451. The molecule has 174 valence electrons. The maximum Gasteiger partial charge on any atom is 0.269 e. The fourth-order valence-electron chi connectivity index (χ4n) is 4.95. The normalized spacial score (nSPS) is 24.8. The number of nitro benzene ring substituents is 1. The number of carbonyl (C=O) groups is 2. The predicted molar refractivity (Wildman–Crippen MR) is 130 cm³/mol. The smallest absolute Gasteiger partial charge is 0.269 e. The molecule has 2 aromatic carbocycles. The lowest BCUT2D eigenvalue weighted by Crippen LogP contribution is -2.28. The van der Waals surface area contributed by atoms with Gasteiger partial charge >= 0.3 is 0 Å². The summed E-state index contributed by atoms with van der Waals surface area (Å²) in [6, 6.07) is 9.66. The third kappa shape index (κ3) is 3.85. The zero-order valence-corrected chi connectivity index (χ0v) is 20.2. The van der Waals surface area contributed by atoms with Crippen molar-refractivity contribution in [2.24, 2.45) is 28.8 Å². The Labute approximate surface area is 208 Å². The van der Waals surface area contributed by atoms with E-state index >= 15 is 0 Å². The Morgan fingerprint density at radius 3 is 2.38 bits per heavy atom. The van der Waals surface area contributed by atoms with Crippen molar-refractivity contribution in [2.45, 2.75) is 13.0 Å². The van der Waals surface area contributed by atoms with Gasteiger partial charge in [-0.3, -0.25) is 19.7 Å². The Hall–Kier alpha value is -3.28. The zero-order valence-electron chi connectivity index (χ0n) is 18.1. The van der Waals surface area contributed by atoms with Crippen LogP contribution >= 0.6 is 22.6 Å². The number of rotatable bonds is 7. The molecule has 2 aromatic rings. The van der Waals surface area contributed by atoms with Gasteiger partial charge in [-0.15, -0.1) is 0 Å². The van der Waals surface area contributed by atoms with Crippen LogP contribution in [0.5, 0.6) is 11.5 Å². The van der Waals surface area contributed by atoms with E-state index in [4.69, 9.17) is 9.47 Å². The third-order valence-electron chi connectivity index (χ3n) is 6.55. The lowest BCUT2D eigenvalue weighted by Gasteiger charge is -2.14. The number of fused-ring (bicyclic) bond motifs is 5. The fraction of sp³-hybridized carbons (Fsp3) is 0.292. The standard InChI is InChI=1S/C24H20IN3O6/c1-33-19-9-14(8-18(25)22(19)34-12-13-2-6-17(7-3-13)28(31)32)11-26-27-23(29)20-15-4-5-16(10-15)21(20)24(27)30/h2-9,11,15-16,20-21H,10,12H2,1H3/t15-,16-,20-,21+/m0/s1. The Bertz CT molecular complexity index is 1210. The lowest BCUT2D eigenvalue weighted by molar-refractivity contribution is -0.384. The number of hydrazone groups is 1. The van der Waals surface area contributed by atoms with Gasteiger partial charge in [-0.1, -0.05) is 12.2 Å². The van der Waals surface area contributed by atoms with Gasteiger partial charge in [0.2, 0.25) is 0 Å². The quantitative estimate of drug-likeness (QED) is 0.124. The monoisotopic (exact) mass is 573 g/mol. The van der Waals surface area contributed by atoms with Crippen LogP contribution in [0.25, 0.3) is 0 Å². The summed E-state index contributed by atoms with van der Waals surface area (Å²) >= 11 is 2.11. The van der Waals surface area contributed by atoms with Crippen LogP contribution in [0.15, 0.2) is 53.7 Å². The summed E-state index contributed by atoms with van der Waals surface area (Å²) in [4.78, 5) is 36.0. The molecule has 0 unspecified atom stereocenters. The van der Waals surface area contributed by atoms with Gasteiger partial charge in [-0.05, 0) is 76.2 Å². The number of benzene rings is 2. The maximum absolute atomic E-state index is 12.8. The summed E-state index contributed by atoms with van der Waals surface area (Å²) in [5.74, 6) is 0.229. The topological polar surface area (TPSA) is 111 Å². The number of hydrogen-bond acceptors (Lipinski definition) is 7. The van der Waals surface area contributed by atoms with E-state index in [0.29, 0.717) is 17.1 Å². The highest BCUT2D eigenvalue weighted by molar-refractivity contribution is 14.1. The number of amides is 2. The van der Waals surface area contributed by atoms with E-state index in [-0.39, 0.29) is 47.8 Å². The molecule has 10 heteroatoms. The van der Waals surface area contributed by atoms with Crippen molar-refractivity contribution in [3.8, 4) is 11.5 Å². The highest BCUT2D eigenvalue weighted by atomic mass is 127. The van der Waals surface area contributed by atoms with Crippen LogP contribution in [-0.4, -0.2) is 35.1 Å². The molecule has 0 spiro atoms. The van der Waals surface area contributed by atoms with Gasteiger partial charge in [-0.25, -0.2) is 0 Å². The first kappa shape index (κ1) is 22.5. The molecule has 2 aliphatic carbocycles. The van der Waals surface area contributed by atoms with Gasteiger partial charge in [-0.2, -0.15) is 10.1 Å². The van der Waals surface area contributed by atoms with Crippen LogP contribution in [0, 0.1) is 37.4 Å². The van der Waals surface area contributed by atoms with E-state index in [1.54, 1.807) is 18.2 Å². The number of allylic oxidation sites excluding steroid dienone is 2. The molecule has 1 aliphatic heterocycles. The van der Waals surface area contributed by atoms with Crippen LogP contribution < -0.4 is 9.47 Å². The summed E-state index contributed by atoms with van der Waals surface area (Å²) in [6.07, 6.45) is 6.46. The lowest BCUT2D eigenvalue weighted by atomic mass is 9.85. The number of nitrogens with zero attached hydrogens (tertiary/aromatic N) is 3. The number of non-ortho nitro benzene ring substituents is 1. The van der Waals surface area contributed by atoms with Crippen LogP contribution in [0.1, 0.15) is 17.5 Å². The predicted octanol–water partition coefficient (Wildman–Crippen LogP) is 3.93. The summed E-state index contributed by atoms with van der Waals surface area (Å²) in [5, 5.41) is 16.0. The van der Waals surface area contributed by atoms with Crippen LogP contribution in [0.4, 0.5) is 5.69 Å². The van der Waals surface area contributed by atoms with E-state index < -0.39 is 4.92 Å². The molecule has 5 rings (SSSR count). The molecule has 0 aromatic heterocycles. The number of halogens is 1. The van der Waals surface area contributed by atoms with Gasteiger partial charge in [0, 0.05) is 12.1 Å². The molecule has 34 heavy (non-hydrogen) atoms. The number of imide groups is 1. The van der Waals surface area contributed by atoms with Gasteiger partial charge in [0.1, 0.15) is 6.61 Å². The first-order valence-electron chi connectivity index (χ1n) is 10.7. The van der Waals surface area contributed by atoms with E-state index in [1.807, 2.05) is 18.2 Å². The molecule has 2 fully saturated rings. The molecule has 2 amide bonds. The van der Waals surface area contributed by atoms with Crippen LogP contribution in [0.2, 0.25) is 0 Å². The van der Waals surface area contributed by atoms with E-state index in [2.05, 4.69) is 27.7 Å². The Kier molecular flexibility index (Phi) is 5.84. The molecule has 0 N–H and O–H groups in total. The third-order valence-corrected chi connectivity index (χ3v) is 7.35. The largest absolute Gasteiger partial charge is 0.493 e. The number of ether oxygens (including phenoxy) is 2. The number of nitro groups is 1. The fourth-order valence-corrected chi connectivity index (χ4v) is 5.73. The second kappa shape index (κ2) is 8.82. The number of methoxy groups -OCH3 is 1. The SMILES string of the molecule is COc1cc(C=NN2C(=O)[C@@H]3[C@H](C2=O)[C@H]2C=C[C@H]3C2)cc(I)c1OCc1ccc([N+](=O)[O-])cc1. The van der Waals surface area contributed by atoms with E-state index in [9.17, 15) is 19.7 Å². The molecule has 0 radical (unpaired) electrons. The van der Waals surface area contributed by atoms with E-state index in [1.165, 1.54) is 25.5 Å². The van der Waals surface area contributed by atoms with Crippen LogP contribution in [0.3, 0.4) is 0 Å². The Balaban J connectivity index is 1.31. The van der Waals surface area contributed by atoms with Crippen molar-refractivity contribution < 1.29 is 24.0 Å². The Morgan fingerprint density at radius 2 is 1.79 bits per heavy atom. The minimum Gasteiger partial charge on any atom is -0.493 e. The highest BCUT2D eigenvalue weighted by Crippen LogP contribution is 2.52. The summed E-state index contributed by atoms with van der Waals surface area (Å²) < 4.78 is 12.1. The number of hydrogen-bond donors (Lipinski definition) is 0. The second-order valence-corrected chi connectivity index (χ2v) is 9.64. The van der Waals surface area contributed by atoms with Gasteiger partial charge < -0.3 is 9.47 Å². The van der Waals surface area contributed by atoms with Crippen molar-refractivity contribution >= 4 is 46.3 Å². The van der Waals surface area contributed by atoms with E-state index in [0.717, 1.165) is 20.6 Å². The molecule has 1 saturated heterocycles. The van der Waals surface area contributed by atoms with Crippen molar-refractivity contribution in [1.29, 1.82) is 0 Å². The summed E-state index contributed by atoms with van der Waals surface area (Å²) in [6.45, 7) is 0.202. The van der Waals surface area contributed by atoms with Gasteiger partial charge in [0.05, 0.1) is 33.7 Å². The summed E-state index contributed by atoms with van der Waals surface area (Å²) in [7, 11) is 1.52. The minimum absolute atomic E-state index is 0.0158. The first-order valence-corrected chi connectivity index (χ1v) is 11.8. The summed E-state index contributed by atoms with van der Waals surface area (Å²) in [5.41, 5.74) is 1.44. The molecule has 3 aliphatic rings. The van der Waals surface area contributed by atoms with Crippen LogP contribution in [-0.2, 0) is 16.2 Å². The molecular weight excluding hydrogens is 553 g/mol. The first-order chi connectivity index (χ1) is 16.4. The zero-order chi connectivity index (χ0) is 24.0. The number of carbonyl (C=O) groups excluding carboxylic acids is 2. The molecular formula is C24H20IN3O6. The van der Waals surface area contributed by atoms with Crippen molar-refractivity contribution in [2.75, 3.05) is 7.11 Å². The molecule has 9 nitrogen and oxygen atoms in total. The molecule has 1 heterocycles. The molecule has 4 atom stereocenters. The highest BCUT2D eigenvalue weighted by Gasteiger charge is 2.59. The van der Waals surface area contributed by atoms with Crippen molar-refractivity contribution in [3.05, 3.63) is 73.4 Å². The average Bonchev–Trinajstić information content (AvgIpc) is 3.51. The van der Waals surface area contributed by atoms with Crippen molar-refractivity contribution in [3.63, 3.8) is 0 Å².